The van der Waals surface area contributed by atoms with Gasteiger partial charge in [-0.25, -0.2) is 0 Å². The van der Waals surface area contributed by atoms with Crippen LogP contribution in [0.5, 0.6) is 5.75 Å². The lowest BCUT2D eigenvalue weighted by molar-refractivity contribution is 0.0926. The lowest BCUT2D eigenvalue weighted by atomic mass is 10.1. The second-order valence-corrected chi connectivity index (χ2v) is 5.42. The molecule has 108 valence electrons. The molecule has 0 aliphatic carbocycles. The van der Waals surface area contributed by atoms with E-state index in [1.165, 1.54) is 0 Å². The number of aliphatic hydroxyl groups is 1. The summed E-state index contributed by atoms with van der Waals surface area (Å²) in [6.45, 7) is 7.84. The van der Waals surface area contributed by atoms with Gasteiger partial charge >= 0.3 is 0 Å². The maximum absolute atomic E-state index is 9.44. The molecule has 0 amide bonds. The first-order valence-electron chi connectivity index (χ1n) is 6.68. The summed E-state index contributed by atoms with van der Waals surface area (Å²) in [4.78, 5) is 0. The van der Waals surface area contributed by atoms with Crippen molar-refractivity contribution in [2.75, 3.05) is 19.8 Å². The summed E-state index contributed by atoms with van der Waals surface area (Å²) in [5.74, 6) is 1.28. The third-order valence-corrected chi connectivity index (χ3v) is 3.06. The molecule has 4 heteroatoms. The molecule has 0 bridgehead atoms. The van der Waals surface area contributed by atoms with Crippen LogP contribution in [-0.4, -0.2) is 24.9 Å². The van der Waals surface area contributed by atoms with Gasteiger partial charge < -0.3 is 14.6 Å². The van der Waals surface area contributed by atoms with Crippen LogP contribution in [0.3, 0.4) is 0 Å². The molecule has 0 saturated heterocycles. The molecule has 0 heterocycles. The second-order valence-electron chi connectivity index (χ2n) is 5.01. The third kappa shape index (κ3) is 6.28. The maximum atomic E-state index is 9.44. The molecule has 0 spiro atoms. The SMILES string of the molecule is CC(C)CCOCCOc1ccc(C(C)O)cc1Cl. The Kier molecular flexibility index (Phi) is 7.21. The van der Waals surface area contributed by atoms with Gasteiger partial charge in [-0.05, 0) is 37.0 Å². The molecule has 0 aromatic heterocycles. The Hall–Kier alpha value is -0.770. The van der Waals surface area contributed by atoms with Crippen molar-refractivity contribution in [3.8, 4) is 5.75 Å². The van der Waals surface area contributed by atoms with Gasteiger partial charge in [-0.15, -0.1) is 0 Å². The van der Waals surface area contributed by atoms with Crippen molar-refractivity contribution < 1.29 is 14.6 Å². The molecule has 0 saturated carbocycles. The van der Waals surface area contributed by atoms with E-state index >= 15 is 0 Å². The van der Waals surface area contributed by atoms with Crippen molar-refractivity contribution in [2.24, 2.45) is 5.92 Å². The Morgan fingerprint density at radius 3 is 2.47 bits per heavy atom. The van der Waals surface area contributed by atoms with Gasteiger partial charge in [-0.2, -0.15) is 0 Å². The lowest BCUT2D eigenvalue weighted by Crippen LogP contribution is -2.09. The molecule has 1 unspecified atom stereocenters. The molecule has 1 atom stereocenters. The van der Waals surface area contributed by atoms with Crippen LogP contribution in [0.25, 0.3) is 0 Å². The van der Waals surface area contributed by atoms with Crippen LogP contribution in [0.2, 0.25) is 5.02 Å². The van der Waals surface area contributed by atoms with Crippen LogP contribution in [0.4, 0.5) is 0 Å². The highest BCUT2D eigenvalue weighted by molar-refractivity contribution is 6.32. The Labute approximate surface area is 120 Å². The van der Waals surface area contributed by atoms with E-state index in [4.69, 9.17) is 21.1 Å². The third-order valence-electron chi connectivity index (χ3n) is 2.76. The molecular weight excluding hydrogens is 264 g/mol. The number of ether oxygens (including phenoxy) is 2. The molecule has 1 aromatic carbocycles. The first kappa shape index (κ1) is 16.3. The minimum absolute atomic E-state index is 0.478. The van der Waals surface area contributed by atoms with Gasteiger partial charge in [0, 0.05) is 6.61 Å². The van der Waals surface area contributed by atoms with Gasteiger partial charge in [0.2, 0.25) is 0 Å². The van der Waals surface area contributed by atoms with Crippen molar-refractivity contribution in [2.45, 2.75) is 33.3 Å². The van der Waals surface area contributed by atoms with Gasteiger partial charge in [-0.1, -0.05) is 31.5 Å². The van der Waals surface area contributed by atoms with Crippen molar-refractivity contribution in [1.29, 1.82) is 0 Å². The van der Waals surface area contributed by atoms with Crippen LogP contribution in [0, 0.1) is 5.92 Å². The predicted octanol–water partition coefficient (Wildman–Crippen LogP) is 3.83. The Bertz CT molecular complexity index is 378. The summed E-state index contributed by atoms with van der Waals surface area (Å²) >= 11 is 6.08. The van der Waals surface area contributed by atoms with E-state index in [-0.39, 0.29) is 0 Å². The quantitative estimate of drug-likeness (QED) is 0.738. The molecule has 1 N–H and O–H groups in total. The summed E-state index contributed by atoms with van der Waals surface area (Å²) < 4.78 is 11.0. The maximum Gasteiger partial charge on any atom is 0.138 e. The van der Waals surface area contributed by atoms with Crippen LogP contribution in [0.1, 0.15) is 38.9 Å². The van der Waals surface area contributed by atoms with E-state index in [0.29, 0.717) is 29.9 Å². The number of hydrogen-bond donors (Lipinski definition) is 1. The highest BCUT2D eigenvalue weighted by atomic mass is 35.5. The Morgan fingerprint density at radius 1 is 1.16 bits per heavy atom. The van der Waals surface area contributed by atoms with E-state index in [0.717, 1.165) is 18.6 Å². The normalized spacial score (nSPS) is 12.7. The van der Waals surface area contributed by atoms with Gasteiger partial charge in [-0.3, -0.25) is 0 Å². The molecule has 1 aromatic rings. The molecule has 0 radical (unpaired) electrons. The number of rotatable bonds is 8. The topological polar surface area (TPSA) is 38.7 Å². The van der Waals surface area contributed by atoms with Crippen molar-refractivity contribution in [3.05, 3.63) is 28.8 Å². The summed E-state index contributed by atoms with van der Waals surface area (Å²) in [5, 5.41) is 9.95. The average Bonchev–Trinajstić information content (AvgIpc) is 2.34. The summed E-state index contributed by atoms with van der Waals surface area (Å²) in [6, 6.07) is 5.31. The monoisotopic (exact) mass is 286 g/mol. The van der Waals surface area contributed by atoms with E-state index in [1.807, 2.05) is 6.07 Å². The zero-order valence-electron chi connectivity index (χ0n) is 11.9. The van der Waals surface area contributed by atoms with Gasteiger partial charge in [0.15, 0.2) is 0 Å². The van der Waals surface area contributed by atoms with E-state index in [1.54, 1.807) is 19.1 Å². The fourth-order valence-electron chi connectivity index (χ4n) is 1.53. The summed E-state index contributed by atoms with van der Waals surface area (Å²) in [6.07, 6.45) is 0.537. The van der Waals surface area contributed by atoms with E-state index < -0.39 is 6.10 Å². The van der Waals surface area contributed by atoms with Gasteiger partial charge in [0.25, 0.3) is 0 Å². The van der Waals surface area contributed by atoms with Crippen LogP contribution < -0.4 is 4.74 Å². The molecule has 19 heavy (non-hydrogen) atoms. The zero-order valence-corrected chi connectivity index (χ0v) is 12.6. The van der Waals surface area contributed by atoms with Crippen LogP contribution in [0.15, 0.2) is 18.2 Å². The highest BCUT2D eigenvalue weighted by Crippen LogP contribution is 2.27. The fourth-order valence-corrected chi connectivity index (χ4v) is 1.77. The van der Waals surface area contributed by atoms with Gasteiger partial charge in [0.1, 0.15) is 12.4 Å². The largest absolute Gasteiger partial charge is 0.490 e. The van der Waals surface area contributed by atoms with Gasteiger partial charge in [0.05, 0.1) is 17.7 Å². The minimum atomic E-state index is -0.522. The average molecular weight is 287 g/mol. The highest BCUT2D eigenvalue weighted by Gasteiger charge is 2.06. The minimum Gasteiger partial charge on any atom is -0.490 e. The molecule has 0 aliphatic rings. The fraction of sp³-hybridized carbons (Fsp3) is 0.600. The summed E-state index contributed by atoms with van der Waals surface area (Å²) in [5.41, 5.74) is 0.783. The number of aliphatic hydroxyl groups excluding tert-OH is 1. The first-order valence-corrected chi connectivity index (χ1v) is 7.06. The van der Waals surface area contributed by atoms with Crippen molar-refractivity contribution >= 4 is 11.6 Å². The molecule has 1 rings (SSSR count). The van der Waals surface area contributed by atoms with E-state index in [9.17, 15) is 5.11 Å². The van der Waals surface area contributed by atoms with Crippen molar-refractivity contribution in [3.63, 3.8) is 0 Å². The Morgan fingerprint density at radius 2 is 1.89 bits per heavy atom. The first-order chi connectivity index (χ1) is 9.00. The molecular formula is C15H23ClO3. The Balaban J connectivity index is 2.30. The standard InChI is InChI=1S/C15H23ClO3/c1-11(2)6-7-18-8-9-19-15-5-4-13(12(3)17)10-14(15)16/h4-5,10-12,17H,6-9H2,1-3H3. The van der Waals surface area contributed by atoms with Crippen LogP contribution >= 0.6 is 11.6 Å². The zero-order chi connectivity index (χ0) is 14.3. The summed E-state index contributed by atoms with van der Waals surface area (Å²) in [7, 11) is 0. The molecule has 0 fully saturated rings. The lowest BCUT2D eigenvalue weighted by Gasteiger charge is -2.11. The van der Waals surface area contributed by atoms with Crippen LogP contribution in [-0.2, 0) is 4.74 Å². The van der Waals surface area contributed by atoms with E-state index in [2.05, 4.69) is 13.8 Å². The van der Waals surface area contributed by atoms with Crippen molar-refractivity contribution in [1.82, 2.24) is 0 Å². The smallest absolute Gasteiger partial charge is 0.138 e. The second kappa shape index (κ2) is 8.41. The molecule has 3 nitrogen and oxygen atoms in total. The predicted molar refractivity (Wildman–Crippen MR) is 77.9 cm³/mol. The number of halogens is 1. The number of benzene rings is 1. The number of hydrogen-bond acceptors (Lipinski definition) is 3. The molecule has 0 aliphatic heterocycles.